The molecule has 2 rings (SSSR count). The van der Waals surface area contributed by atoms with E-state index in [0.29, 0.717) is 0 Å². The largest absolute Gasteiger partial charge is 0.0312 e. The Hall–Kier alpha value is 2.69. The Balaban J connectivity index is 0. The Morgan fingerprint density at radius 2 is 0.312 bits per heavy atom. The summed E-state index contributed by atoms with van der Waals surface area (Å²) in [5, 5.41) is 0. The van der Waals surface area contributed by atoms with Crippen LogP contribution in [-0.2, 0) is 0 Å². The molecule has 0 aromatic rings. The Bertz CT molecular complexity index is 64.0. The standard InChI is InChI=1S/2C7H7.K.U/c2*1-2-4-6-7-5-3-1;;/h2*1-7H;;. The van der Waals surface area contributed by atoms with Gasteiger partial charge in [0.2, 0.25) is 0 Å². The molecule has 0 atom stereocenters. The first-order valence-electron chi connectivity index (χ1n) is 4.67. The maximum absolute atomic E-state index is 2.00. The van der Waals surface area contributed by atoms with Crippen molar-refractivity contribution in [2.75, 3.05) is 0 Å². The van der Waals surface area contributed by atoms with Crippen LogP contribution in [-0.4, -0.2) is 51.4 Å². The Kier molecular flexibility index (Phi) is 23.2. The summed E-state index contributed by atoms with van der Waals surface area (Å²) in [6.45, 7) is 0. The van der Waals surface area contributed by atoms with E-state index in [-0.39, 0.29) is 82.5 Å². The van der Waals surface area contributed by atoms with Crippen LogP contribution >= 0.6 is 0 Å². The average Bonchev–Trinajstić information content (AvgIpc) is 2.68. The van der Waals surface area contributed by atoms with E-state index in [1.54, 1.807) is 0 Å². The van der Waals surface area contributed by atoms with E-state index in [1.165, 1.54) is 0 Å². The van der Waals surface area contributed by atoms with E-state index >= 15 is 0 Å². The molecule has 0 aliphatic heterocycles. The van der Waals surface area contributed by atoms with Crippen molar-refractivity contribution in [1.82, 2.24) is 0 Å². The molecule has 0 heterocycles. The first kappa shape index (κ1) is 21.0. The first-order chi connectivity index (χ1) is 7.00. The second-order valence-corrected chi connectivity index (χ2v) is 2.69. The molecule has 0 aromatic carbocycles. The molecule has 0 spiro atoms. The third-order valence-corrected chi connectivity index (χ3v) is 1.56. The Morgan fingerprint density at radius 1 is 0.250 bits per heavy atom. The summed E-state index contributed by atoms with van der Waals surface area (Å²) >= 11 is 0. The van der Waals surface area contributed by atoms with Crippen molar-refractivity contribution >= 4 is 51.4 Å². The second-order valence-electron chi connectivity index (χ2n) is 2.69. The van der Waals surface area contributed by atoms with Crippen molar-refractivity contribution in [1.29, 1.82) is 0 Å². The maximum atomic E-state index is 2.00. The van der Waals surface area contributed by atoms with Crippen LogP contribution in [0.2, 0.25) is 0 Å². The first-order valence-corrected chi connectivity index (χ1v) is 4.67. The molecule has 2 aliphatic carbocycles. The molecule has 2 heteroatoms. The van der Waals surface area contributed by atoms with E-state index in [4.69, 9.17) is 0 Å². The van der Waals surface area contributed by atoms with Gasteiger partial charge in [-0.1, -0.05) is 0 Å². The minimum Gasteiger partial charge on any atom is -0.0312 e. The van der Waals surface area contributed by atoms with Gasteiger partial charge in [-0.05, 0) is 89.9 Å². The third kappa shape index (κ3) is 14.7. The minimum absolute atomic E-state index is 0. The molecule has 15 radical (unpaired) electrons. The van der Waals surface area contributed by atoms with Gasteiger partial charge in [0, 0.05) is 82.5 Å². The molecule has 0 nitrogen and oxygen atoms in total. The van der Waals surface area contributed by atoms with Crippen LogP contribution in [0.5, 0.6) is 0 Å². The van der Waals surface area contributed by atoms with Gasteiger partial charge in [-0.25, -0.2) is 0 Å². The summed E-state index contributed by atoms with van der Waals surface area (Å²) < 4.78 is 0. The summed E-state index contributed by atoms with van der Waals surface area (Å²) in [6, 6.07) is 0. The van der Waals surface area contributed by atoms with Gasteiger partial charge < -0.3 is 0 Å². The van der Waals surface area contributed by atoms with Gasteiger partial charge in [0.1, 0.15) is 0 Å². The van der Waals surface area contributed by atoms with Gasteiger partial charge in [0.05, 0.1) is 0 Å². The normalized spacial score (nSPS) is 21.0. The molecule has 2 aliphatic rings. The molecule has 0 N–H and O–H groups in total. The van der Waals surface area contributed by atoms with Crippen molar-refractivity contribution in [2.45, 2.75) is 0 Å². The zero-order valence-corrected chi connectivity index (χ0v) is 16.9. The molecular formula is C14H14KU. The molecule has 0 saturated heterocycles. The van der Waals surface area contributed by atoms with Crippen LogP contribution in [0.15, 0.2) is 0 Å². The fourth-order valence-corrected chi connectivity index (χ4v) is 0.898. The van der Waals surface area contributed by atoms with Gasteiger partial charge >= 0.3 is 0 Å². The molecule has 0 aromatic heterocycles. The van der Waals surface area contributed by atoms with Crippen LogP contribution in [0.3, 0.4) is 0 Å². The van der Waals surface area contributed by atoms with Crippen molar-refractivity contribution in [3.8, 4) is 0 Å². The SMILES string of the molecule is [CH]1[CH][CH][CH][CH][CH][CH]1.[CH]1[CH][CH][CH][CH][CH][CH]1.[K].[U]. The van der Waals surface area contributed by atoms with E-state index < -0.39 is 0 Å². The van der Waals surface area contributed by atoms with Gasteiger partial charge in [-0.3, -0.25) is 0 Å². The third-order valence-electron chi connectivity index (χ3n) is 1.56. The van der Waals surface area contributed by atoms with Crippen molar-refractivity contribution in [2.24, 2.45) is 0 Å². The molecule has 2 fully saturated rings. The molecule has 2 saturated carbocycles. The summed E-state index contributed by atoms with van der Waals surface area (Å²) in [5.74, 6) is 0. The minimum atomic E-state index is 0. The van der Waals surface area contributed by atoms with Gasteiger partial charge in [-0.15, -0.1) is 0 Å². The number of rotatable bonds is 0. The molecule has 0 unspecified atom stereocenters. The molecule has 16 heavy (non-hydrogen) atoms. The van der Waals surface area contributed by atoms with E-state index in [2.05, 4.69) is 0 Å². The maximum Gasteiger partial charge on any atom is 0 e. The fourth-order valence-electron chi connectivity index (χ4n) is 0.898. The van der Waals surface area contributed by atoms with E-state index in [1.807, 2.05) is 89.9 Å². The summed E-state index contributed by atoms with van der Waals surface area (Å²) in [5.41, 5.74) is 0. The average molecular weight is 459 g/mol. The predicted molar refractivity (Wildman–Crippen MR) is 66.0 cm³/mol. The van der Waals surface area contributed by atoms with E-state index in [0.717, 1.165) is 0 Å². The zero-order chi connectivity index (χ0) is 9.90. The summed E-state index contributed by atoms with van der Waals surface area (Å²) in [4.78, 5) is 0. The Morgan fingerprint density at radius 3 is 0.375 bits per heavy atom. The van der Waals surface area contributed by atoms with Crippen LogP contribution in [0.4, 0.5) is 0 Å². The summed E-state index contributed by atoms with van der Waals surface area (Å²) in [6.07, 6.45) is 28.0. The van der Waals surface area contributed by atoms with Crippen LogP contribution < -0.4 is 0 Å². The molecular weight excluding hydrogens is 445 g/mol. The van der Waals surface area contributed by atoms with Crippen molar-refractivity contribution in [3.05, 3.63) is 89.9 Å². The van der Waals surface area contributed by atoms with Crippen molar-refractivity contribution in [3.63, 3.8) is 0 Å². The molecule has 0 bridgehead atoms. The van der Waals surface area contributed by atoms with Gasteiger partial charge in [0.15, 0.2) is 0 Å². The summed E-state index contributed by atoms with van der Waals surface area (Å²) in [7, 11) is 0. The monoisotopic (exact) mass is 459 g/mol. The van der Waals surface area contributed by atoms with Gasteiger partial charge in [-0.2, -0.15) is 0 Å². The number of hydrogen-bond acceptors (Lipinski definition) is 0. The van der Waals surface area contributed by atoms with E-state index in [9.17, 15) is 0 Å². The second kappa shape index (κ2) is 17.7. The predicted octanol–water partition coefficient (Wildman–Crippen LogP) is 2.48. The fraction of sp³-hybridized carbons (Fsp3) is 0. The molecule has 0 amide bonds. The zero-order valence-electron chi connectivity index (χ0n) is 9.58. The Labute approximate surface area is 169 Å². The molecule has 75 valence electrons. The van der Waals surface area contributed by atoms with Gasteiger partial charge in [0.25, 0.3) is 0 Å². The van der Waals surface area contributed by atoms with Crippen LogP contribution in [0.1, 0.15) is 0 Å². The number of hydrogen-bond donors (Lipinski definition) is 0. The quantitative estimate of drug-likeness (QED) is 0.386. The van der Waals surface area contributed by atoms with Crippen LogP contribution in [0, 0.1) is 121 Å². The van der Waals surface area contributed by atoms with Crippen molar-refractivity contribution < 1.29 is 31.1 Å². The smallest absolute Gasteiger partial charge is 0 e. The van der Waals surface area contributed by atoms with Crippen LogP contribution in [0.25, 0.3) is 0 Å². The topological polar surface area (TPSA) is 0 Å².